The van der Waals surface area contributed by atoms with E-state index in [1.165, 1.54) is 4.91 Å². The Kier molecular flexibility index (Phi) is 3.34. The van der Waals surface area contributed by atoms with Crippen LogP contribution >= 0.6 is 11.8 Å². The lowest BCUT2D eigenvalue weighted by atomic mass is 10.3. The molecule has 0 N–H and O–H groups in total. The van der Waals surface area contributed by atoms with Crippen LogP contribution in [0.25, 0.3) is 0 Å². The topological polar surface area (TPSA) is 0 Å². The fourth-order valence-corrected chi connectivity index (χ4v) is 1.63. The van der Waals surface area contributed by atoms with Crippen molar-refractivity contribution in [2.45, 2.75) is 39.4 Å². The third-order valence-electron chi connectivity index (χ3n) is 0.874. The summed E-state index contributed by atoms with van der Waals surface area (Å²) in [5.41, 5.74) is 0. The van der Waals surface area contributed by atoms with Crippen molar-refractivity contribution >= 4 is 11.8 Å². The second kappa shape index (κ2) is 3.31. The van der Waals surface area contributed by atoms with E-state index in [1.807, 2.05) is 11.8 Å². The van der Waals surface area contributed by atoms with Crippen molar-refractivity contribution in [3.8, 4) is 0 Å². The third kappa shape index (κ3) is 5.97. The van der Waals surface area contributed by atoms with Crippen molar-refractivity contribution in [3.05, 3.63) is 11.0 Å². The lowest BCUT2D eigenvalue weighted by Gasteiger charge is -2.17. The van der Waals surface area contributed by atoms with Crippen LogP contribution in [0, 0.1) is 0 Å². The molecule has 0 atom stereocenters. The highest BCUT2D eigenvalue weighted by atomic mass is 32.2. The highest BCUT2D eigenvalue weighted by Gasteiger charge is 2.09. The minimum atomic E-state index is 0.372. The minimum Gasteiger partial charge on any atom is -0.125 e. The molecule has 0 fully saturated rings. The van der Waals surface area contributed by atoms with Crippen LogP contribution in [0.4, 0.5) is 0 Å². The second-order valence-electron chi connectivity index (χ2n) is 3.11. The van der Waals surface area contributed by atoms with Crippen LogP contribution in [-0.2, 0) is 0 Å². The Hall–Kier alpha value is 0.0900. The van der Waals surface area contributed by atoms with E-state index in [-0.39, 0.29) is 0 Å². The summed E-state index contributed by atoms with van der Waals surface area (Å²) in [5, 5.41) is 0. The summed E-state index contributed by atoms with van der Waals surface area (Å²) >= 11 is 1.92. The van der Waals surface area contributed by atoms with Crippen molar-refractivity contribution in [2.24, 2.45) is 0 Å². The van der Waals surface area contributed by atoms with Crippen molar-refractivity contribution in [2.75, 3.05) is 0 Å². The van der Waals surface area contributed by atoms with Gasteiger partial charge in [0, 0.05) is 4.75 Å². The van der Waals surface area contributed by atoms with Gasteiger partial charge in [0.15, 0.2) is 0 Å². The van der Waals surface area contributed by atoms with Gasteiger partial charge in [-0.3, -0.25) is 0 Å². The Morgan fingerprint density at radius 3 is 1.89 bits per heavy atom. The van der Waals surface area contributed by atoms with Gasteiger partial charge in [0.05, 0.1) is 0 Å². The molecule has 0 amide bonds. The van der Waals surface area contributed by atoms with Crippen LogP contribution in [0.3, 0.4) is 0 Å². The summed E-state index contributed by atoms with van der Waals surface area (Å²) in [6, 6.07) is 0. The minimum absolute atomic E-state index is 0.372. The Morgan fingerprint density at radius 1 is 1.33 bits per heavy atom. The zero-order valence-corrected chi connectivity index (χ0v) is 7.80. The zero-order valence-electron chi connectivity index (χ0n) is 6.99. The summed E-state index contributed by atoms with van der Waals surface area (Å²) in [6.07, 6.45) is 2.15. The van der Waals surface area contributed by atoms with Gasteiger partial charge in [-0.05, 0) is 18.8 Å². The number of hydrogen-bond donors (Lipinski definition) is 0. The first kappa shape index (κ1) is 9.09. The Balaban J connectivity index is 3.75. The average Bonchev–Trinajstić information content (AvgIpc) is 1.62. The molecule has 0 aromatic heterocycles. The number of rotatable bonds is 1. The summed E-state index contributed by atoms with van der Waals surface area (Å²) in [4.78, 5) is 1.41. The van der Waals surface area contributed by atoms with E-state index in [1.54, 1.807) is 0 Å². The monoisotopic (exact) mass is 144 g/mol. The average molecular weight is 144 g/mol. The predicted octanol–water partition coefficient (Wildman–Crippen LogP) is 3.44. The molecule has 0 heterocycles. The molecule has 0 aromatic carbocycles. The normalized spacial score (nSPS) is 14.1. The first-order valence-electron chi connectivity index (χ1n) is 3.27. The van der Waals surface area contributed by atoms with Gasteiger partial charge in [-0.15, -0.1) is 11.8 Å². The maximum Gasteiger partial charge on any atom is 0.0119 e. The molecule has 0 aliphatic carbocycles. The van der Waals surface area contributed by atoms with E-state index in [2.05, 4.69) is 40.7 Å². The lowest BCUT2D eigenvalue weighted by Crippen LogP contribution is -2.06. The van der Waals surface area contributed by atoms with Gasteiger partial charge in [0.25, 0.3) is 0 Å². The van der Waals surface area contributed by atoms with Crippen LogP contribution < -0.4 is 0 Å². The standard InChI is InChI=1S/C8H16S/c1-6-7(2)9-8(3,4)5/h6H,1-5H3/b7-6+. The van der Waals surface area contributed by atoms with Gasteiger partial charge in [-0.2, -0.15) is 0 Å². The van der Waals surface area contributed by atoms with Gasteiger partial charge in [0.1, 0.15) is 0 Å². The second-order valence-corrected chi connectivity index (χ2v) is 5.19. The molecule has 0 saturated carbocycles. The summed E-state index contributed by atoms with van der Waals surface area (Å²) in [5.74, 6) is 0. The number of thioether (sulfide) groups is 1. The highest BCUT2D eigenvalue weighted by Crippen LogP contribution is 2.29. The van der Waals surface area contributed by atoms with Crippen molar-refractivity contribution < 1.29 is 0 Å². The fourth-order valence-electron chi connectivity index (χ4n) is 0.542. The summed E-state index contributed by atoms with van der Waals surface area (Å²) in [7, 11) is 0. The van der Waals surface area contributed by atoms with Crippen LogP contribution in [-0.4, -0.2) is 4.75 Å². The highest BCUT2D eigenvalue weighted by molar-refractivity contribution is 8.04. The Labute approximate surface area is 62.7 Å². The number of hydrogen-bond acceptors (Lipinski definition) is 1. The molecular weight excluding hydrogens is 128 g/mol. The summed E-state index contributed by atoms with van der Waals surface area (Å²) < 4.78 is 0.372. The van der Waals surface area contributed by atoms with Gasteiger partial charge in [-0.25, -0.2) is 0 Å². The van der Waals surface area contributed by atoms with Crippen LogP contribution in [0.2, 0.25) is 0 Å². The first-order chi connectivity index (χ1) is 3.95. The van der Waals surface area contributed by atoms with E-state index < -0.39 is 0 Å². The Bertz CT molecular complexity index is 106. The summed E-state index contributed by atoms with van der Waals surface area (Å²) in [6.45, 7) is 10.9. The van der Waals surface area contributed by atoms with Crippen LogP contribution in [0.15, 0.2) is 11.0 Å². The molecule has 0 bridgehead atoms. The first-order valence-corrected chi connectivity index (χ1v) is 4.09. The SMILES string of the molecule is C/C=C(\C)SC(C)(C)C. The van der Waals surface area contributed by atoms with Gasteiger partial charge >= 0.3 is 0 Å². The van der Waals surface area contributed by atoms with E-state index in [0.717, 1.165) is 0 Å². The molecule has 0 nitrogen and oxygen atoms in total. The number of allylic oxidation sites excluding steroid dienone is 2. The van der Waals surface area contributed by atoms with E-state index >= 15 is 0 Å². The maximum absolute atomic E-state index is 2.23. The van der Waals surface area contributed by atoms with Crippen LogP contribution in [0.1, 0.15) is 34.6 Å². The molecule has 9 heavy (non-hydrogen) atoms. The van der Waals surface area contributed by atoms with E-state index in [0.29, 0.717) is 4.75 Å². The molecule has 1 heteroatoms. The zero-order chi connectivity index (χ0) is 7.49. The molecule has 0 spiro atoms. The van der Waals surface area contributed by atoms with Gasteiger partial charge < -0.3 is 0 Å². The largest absolute Gasteiger partial charge is 0.125 e. The van der Waals surface area contributed by atoms with Crippen LogP contribution in [0.5, 0.6) is 0 Å². The molecule has 0 aliphatic rings. The Morgan fingerprint density at radius 2 is 1.78 bits per heavy atom. The molecule has 0 radical (unpaired) electrons. The molecule has 0 aromatic rings. The van der Waals surface area contributed by atoms with E-state index in [4.69, 9.17) is 0 Å². The molecule has 0 unspecified atom stereocenters. The quantitative estimate of drug-likeness (QED) is 0.543. The lowest BCUT2D eigenvalue weighted by molar-refractivity contribution is 0.806. The van der Waals surface area contributed by atoms with Crippen molar-refractivity contribution in [1.29, 1.82) is 0 Å². The van der Waals surface area contributed by atoms with Gasteiger partial charge in [0.2, 0.25) is 0 Å². The molecule has 0 saturated heterocycles. The molecule has 54 valence electrons. The van der Waals surface area contributed by atoms with Crippen molar-refractivity contribution in [1.82, 2.24) is 0 Å². The maximum atomic E-state index is 2.23. The molecule has 0 rings (SSSR count). The smallest absolute Gasteiger partial charge is 0.0119 e. The molecular formula is C8H16S. The predicted molar refractivity (Wildman–Crippen MR) is 46.8 cm³/mol. The van der Waals surface area contributed by atoms with E-state index in [9.17, 15) is 0 Å². The van der Waals surface area contributed by atoms with Gasteiger partial charge in [-0.1, -0.05) is 26.8 Å². The van der Waals surface area contributed by atoms with Crippen molar-refractivity contribution in [3.63, 3.8) is 0 Å². The fraction of sp³-hybridized carbons (Fsp3) is 0.750. The third-order valence-corrected chi connectivity index (χ3v) is 2.04. The molecule has 0 aliphatic heterocycles.